The Bertz CT molecular complexity index is 755. The lowest BCUT2D eigenvalue weighted by Crippen LogP contribution is -2.19. The lowest BCUT2D eigenvalue weighted by Gasteiger charge is -2.08. The Labute approximate surface area is 147 Å². The molecule has 0 heterocycles. The monoisotopic (exact) mass is 342 g/mol. The molecule has 0 spiro atoms. The quantitative estimate of drug-likeness (QED) is 0.597. The van der Waals surface area contributed by atoms with E-state index >= 15 is 0 Å². The number of ether oxygens (including phenoxy) is 2. The summed E-state index contributed by atoms with van der Waals surface area (Å²) in [5.74, 6) is 0.964. The summed E-state index contributed by atoms with van der Waals surface area (Å²) in [4.78, 5) is 12.1. The Kier molecular flexibility index (Phi) is 6.39. The summed E-state index contributed by atoms with van der Waals surface area (Å²) in [5.41, 5.74) is 3.95. The summed E-state index contributed by atoms with van der Waals surface area (Å²) in [5, 5.41) is 14.0. The van der Waals surface area contributed by atoms with Gasteiger partial charge in [-0.3, -0.25) is 4.79 Å². The van der Waals surface area contributed by atoms with E-state index in [1.807, 2.05) is 6.92 Å². The van der Waals surface area contributed by atoms with Crippen molar-refractivity contribution < 1.29 is 19.4 Å². The Balaban J connectivity index is 2.03. The largest absolute Gasteiger partial charge is 0.507 e. The van der Waals surface area contributed by atoms with Crippen LogP contribution in [0.15, 0.2) is 47.6 Å². The van der Waals surface area contributed by atoms with E-state index in [1.165, 1.54) is 13.2 Å². The Morgan fingerprint density at radius 2 is 1.84 bits per heavy atom. The number of nitrogens with one attached hydrogen (secondary N) is 1. The number of phenolic OH excluding ortho intramolecular Hbond substituents is 1. The molecule has 2 aromatic carbocycles. The lowest BCUT2D eigenvalue weighted by atomic mass is 10.1. The topological polar surface area (TPSA) is 80.2 Å². The first-order valence-electron chi connectivity index (χ1n) is 8.00. The van der Waals surface area contributed by atoms with Crippen molar-refractivity contribution in [3.63, 3.8) is 0 Å². The van der Waals surface area contributed by atoms with Crippen LogP contribution in [0.25, 0.3) is 0 Å². The first kappa shape index (κ1) is 18.3. The fourth-order valence-electron chi connectivity index (χ4n) is 2.13. The zero-order valence-electron chi connectivity index (χ0n) is 14.6. The Morgan fingerprint density at radius 1 is 1.16 bits per heavy atom. The molecular formula is C19H22N2O4. The number of hydrogen-bond donors (Lipinski definition) is 2. The number of carbonyl (C=O) groups is 1. The minimum Gasteiger partial charge on any atom is -0.507 e. The molecular weight excluding hydrogens is 320 g/mol. The van der Waals surface area contributed by atoms with Gasteiger partial charge in [-0.25, -0.2) is 5.43 Å². The highest BCUT2D eigenvalue weighted by Gasteiger charge is 2.08. The third kappa shape index (κ3) is 4.97. The van der Waals surface area contributed by atoms with E-state index in [0.29, 0.717) is 29.2 Å². The average molecular weight is 342 g/mol. The fraction of sp³-hybridized carbons (Fsp3) is 0.263. The maximum absolute atomic E-state index is 12.1. The summed E-state index contributed by atoms with van der Waals surface area (Å²) >= 11 is 0. The first-order chi connectivity index (χ1) is 12.0. The molecule has 0 saturated heterocycles. The predicted octanol–water partition coefficient (Wildman–Crippen LogP) is 3.34. The van der Waals surface area contributed by atoms with Gasteiger partial charge in [-0.1, -0.05) is 6.92 Å². The van der Waals surface area contributed by atoms with Crippen LogP contribution in [0.5, 0.6) is 17.2 Å². The van der Waals surface area contributed by atoms with Crippen molar-refractivity contribution in [2.75, 3.05) is 13.7 Å². The van der Waals surface area contributed by atoms with Crippen LogP contribution in [0, 0.1) is 0 Å². The molecule has 0 saturated carbocycles. The van der Waals surface area contributed by atoms with Crippen LogP contribution in [-0.2, 0) is 0 Å². The standard InChI is InChI=1S/C19H22N2O4/c1-4-11-25-15-7-5-14(6-8-15)19(23)21-20-13(2)17-10-9-16(24-3)12-18(17)22/h5-10,12,22H,4,11H2,1-3H3,(H,21,23)/b20-13+. The Morgan fingerprint density at radius 3 is 2.44 bits per heavy atom. The SMILES string of the molecule is CCCOc1ccc(C(=O)N/N=C(\C)c2ccc(OC)cc2O)cc1. The van der Waals surface area contributed by atoms with Gasteiger partial charge in [0, 0.05) is 17.2 Å². The van der Waals surface area contributed by atoms with Gasteiger partial charge in [0.05, 0.1) is 19.4 Å². The van der Waals surface area contributed by atoms with Gasteiger partial charge in [0.1, 0.15) is 17.2 Å². The molecule has 0 aromatic heterocycles. The third-order valence-corrected chi connectivity index (χ3v) is 3.51. The van der Waals surface area contributed by atoms with Crippen molar-refractivity contribution in [2.45, 2.75) is 20.3 Å². The van der Waals surface area contributed by atoms with Crippen molar-refractivity contribution in [1.29, 1.82) is 0 Å². The molecule has 6 nitrogen and oxygen atoms in total. The van der Waals surface area contributed by atoms with E-state index < -0.39 is 0 Å². The molecule has 0 bridgehead atoms. The maximum atomic E-state index is 12.1. The number of nitrogens with zero attached hydrogens (tertiary/aromatic N) is 1. The molecule has 2 rings (SSSR count). The maximum Gasteiger partial charge on any atom is 0.271 e. The second-order valence-electron chi connectivity index (χ2n) is 5.39. The minimum absolute atomic E-state index is 0.0345. The molecule has 0 radical (unpaired) electrons. The van der Waals surface area contributed by atoms with Gasteiger partial charge < -0.3 is 14.6 Å². The number of hydrogen-bond acceptors (Lipinski definition) is 5. The predicted molar refractivity (Wildman–Crippen MR) is 96.6 cm³/mol. The van der Waals surface area contributed by atoms with Crippen LogP contribution >= 0.6 is 0 Å². The zero-order valence-corrected chi connectivity index (χ0v) is 14.6. The van der Waals surface area contributed by atoms with E-state index in [4.69, 9.17) is 9.47 Å². The first-order valence-corrected chi connectivity index (χ1v) is 8.00. The summed E-state index contributed by atoms with van der Waals surface area (Å²) in [7, 11) is 1.52. The van der Waals surface area contributed by atoms with Crippen molar-refractivity contribution in [1.82, 2.24) is 5.43 Å². The van der Waals surface area contributed by atoms with Crippen molar-refractivity contribution in [2.24, 2.45) is 5.10 Å². The van der Waals surface area contributed by atoms with E-state index in [-0.39, 0.29) is 11.7 Å². The fourth-order valence-corrected chi connectivity index (χ4v) is 2.13. The van der Waals surface area contributed by atoms with Gasteiger partial charge in [-0.05, 0) is 49.7 Å². The molecule has 0 atom stereocenters. The number of benzene rings is 2. The average Bonchev–Trinajstić information content (AvgIpc) is 2.64. The summed E-state index contributed by atoms with van der Waals surface area (Å²) in [6.45, 7) is 4.37. The summed E-state index contributed by atoms with van der Waals surface area (Å²) in [6.07, 6.45) is 0.925. The van der Waals surface area contributed by atoms with Crippen LogP contribution in [0.2, 0.25) is 0 Å². The molecule has 6 heteroatoms. The minimum atomic E-state index is -0.339. The Hall–Kier alpha value is -3.02. The number of methoxy groups -OCH3 is 1. The molecule has 0 fully saturated rings. The molecule has 0 aliphatic rings. The molecule has 0 unspecified atom stereocenters. The number of carbonyl (C=O) groups excluding carboxylic acids is 1. The van der Waals surface area contributed by atoms with E-state index in [0.717, 1.165) is 12.2 Å². The number of amides is 1. The third-order valence-electron chi connectivity index (χ3n) is 3.51. The van der Waals surface area contributed by atoms with Crippen LogP contribution in [-0.4, -0.2) is 30.4 Å². The van der Waals surface area contributed by atoms with E-state index in [2.05, 4.69) is 10.5 Å². The van der Waals surface area contributed by atoms with Gasteiger partial charge >= 0.3 is 0 Å². The van der Waals surface area contributed by atoms with E-state index in [9.17, 15) is 9.90 Å². The molecule has 2 aromatic rings. The van der Waals surface area contributed by atoms with Crippen molar-refractivity contribution >= 4 is 11.6 Å². The number of rotatable bonds is 7. The van der Waals surface area contributed by atoms with Crippen molar-refractivity contribution in [3.05, 3.63) is 53.6 Å². The van der Waals surface area contributed by atoms with Gasteiger partial charge in [0.2, 0.25) is 0 Å². The van der Waals surface area contributed by atoms with Gasteiger partial charge in [-0.2, -0.15) is 5.10 Å². The molecule has 0 aliphatic heterocycles. The van der Waals surface area contributed by atoms with Crippen molar-refractivity contribution in [3.8, 4) is 17.2 Å². The smallest absolute Gasteiger partial charge is 0.271 e. The molecule has 0 aliphatic carbocycles. The second kappa shape index (κ2) is 8.73. The lowest BCUT2D eigenvalue weighted by molar-refractivity contribution is 0.0954. The normalized spacial score (nSPS) is 11.1. The van der Waals surface area contributed by atoms with Crippen LogP contribution in [0.3, 0.4) is 0 Å². The highest BCUT2D eigenvalue weighted by atomic mass is 16.5. The van der Waals surface area contributed by atoms with Gasteiger partial charge in [0.15, 0.2) is 0 Å². The van der Waals surface area contributed by atoms with Crippen LogP contribution < -0.4 is 14.9 Å². The van der Waals surface area contributed by atoms with E-state index in [1.54, 1.807) is 43.3 Å². The molecule has 2 N–H and O–H groups in total. The second-order valence-corrected chi connectivity index (χ2v) is 5.39. The van der Waals surface area contributed by atoms with Crippen LogP contribution in [0.1, 0.15) is 36.2 Å². The summed E-state index contributed by atoms with van der Waals surface area (Å²) < 4.78 is 10.5. The number of phenols is 1. The molecule has 1 amide bonds. The highest BCUT2D eigenvalue weighted by molar-refractivity contribution is 6.02. The van der Waals surface area contributed by atoms with Crippen LogP contribution in [0.4, 0.5) is 0 Å². The van der Waals surface area contributed by atoms with Gasteiger partial charge in [0.25, 0.3) is 5.91 Å². The van der Waals surface area contributed by atoms with Gasteiger partial charge in [-0.15, -0.1) is 0 Å². The highest BCUT2D eigenvalue weighted by Crippen LogP contribution is 2.23. The molecule has 132 valence electrons. The zero-order chi connectivity index (χ0) is 18.2. The summed E-state index contributed by atoms with van der Waals surface area (Å²) in [6, 6.07) is 11.7. The number of aromatic hydroxyl groups is 1. The molecule has 25 heavy (non-hydrogen) atoms. The number of hydrazone groups is 1.